The van der Waals surface area contributed by atoms with Gasteiger partial charge in [0.2, 0.25) is 5.95 Å². The maximum absolute atomic E-state index is 5.71. The zero-order valence-electron chi connectivity index (χ0n) is 10.3. The Morgan fingerprint density at radius 3 is 2.71 bits per heavy atom. The summed E-state index contributed by atoms with van der Waals surface area (Å²) in [6.07, 6.45) is 3.61. The molecule has 0 fully saturated rings. The highest BCUT2D eigenvalue weighted by Gasteiger charge is 1.99. The molecule has 1 aromatic carbocycles. The van der Waals surface area contributed by atoms with Crippen LogP contribution in [0.1, 0.15) is 22.4 Å². The lowest BCUT2D eigenvalue weighted by atomic mass is 10.1. The van der Waals surface area contributed by atoms with Crippen LogP contribution in [0.5, 0.6) is 0 Å². The second kappa shape index (κ2) is 4.41. The molecule has 0 amide bonds. The maximum atomic E-state index is 5.71. The van der Waals surface area contributed by atoms with Crippen molar-refractivity contribution < 1.29 is 0 Å². The highest BCUT2D eigenvalue weighted by molar-refractivity contribution is 5.81. The van der Waals surface area contributed by atoms with E-state index in [1.807, 2.05) is 6.92 Å². The molecule has 0 bridgehead atoms. The fraction of sp³-hybridized carbons (Fsp3) is 0.231. The standard InChI is InChI=1S/C13H16N4/c1-9-4-5-10(2)12(6-9)7-15-17-8-11(3)16-13(17)14/h4-8H,1-3H3,(H2,14,16). The molecule has 4 nitrogen and oxygen atoms in total. The number of rotatable bonds is 2. The summed E-state index contributed by atoms with van der Waals surface area (Å²) >= 11 is 0. The van der Waals surface area contributed by atoms with Gasteiger partial charge in [-0.1, -0.05) is 23.8 Å². The Labute approximate surface area is 101 Å². The molecule has 0 aliphatic heterocycles. The highest BCUT2D eigenvalue weighted by atomic mass is 15.4. The molecular weight excluding hydrogens is 212 g/mol. The first-order valence-corrected chi connectivity index (χ1v) is 5.49. The Bertz CT molecular complexity index is 567. The second-order valence-electron chi connectivity index (χ2n) is 4.19. The zero-order chi connectivity index (χ0) is 12.4. The lowest BCUT2D eigenvalue weighted by Crippen LogP contribution is -1.97. The summed E-state index contributed by atoms with van der Waals surface area (Å²) in [5.74, 6) is 0.407. The first-order chi connectivity index (χ1) is 8.06. The summed E-state index contributed by atoms with van der Waals surface area (Å²) in [6, 6.07) is 6.26. The molecule has 0 unspecified atom stereocenters. The molecule has 0 saturated carbocycles. The van der Waals surface area contributed by atoms with E-state index >= 15 is 0 Å². The predicted molar refractivity (Wildman–Crippen MR) is 70.3 cm³/mol. The average molecular weight is 228 g/mol. The van der Waals surface area contributed by atoms with E-state index in [1.165, 1.54) is 11.1 Å². The molecule has 88 valence electrons. The summed E-state index contributed by atoms with van der Waals surface area (Å²) in [4.78, 5) is 4.09. The summed E-state index contributed by atoms with van der Waals surface area (Å²) < 4.78 is 1.58. The number of nitrogens with two attached hydrogens (primary N) is 1. The third-order valence-electron chi connectivity index (χ3n) is 2.59. The molecule has 2 aromatic rings. The monoisotopic (exact) mass is 228 g/mol. The van der Waals surface area contributed by atoms with Crippen molar-refractivity contribution in [3.63, 3.8) is 0 Å². The summed E-state index contributed by atoms with van der Waals surface area (Å²) in [7, 11) is 0. The van der Waals surface area contributed by atoms with Crippen LogP contribution < -0.4 is 5.73 Å². The number of anilines is 1. The minimum Gasteiger partial charge on any atom is -0.368 e. The minimum atomic E-state index is 0.407. The Hall–Kier alpha value is -2.10. The molecule has 2 rings (SSSR count). The van der Waals surface area contributed by atoms with Crippen molar-refractivity contribution in [1.29, 1.82) is 0 Å². The van der Waals surface area contributed by atoms with E-state index < -0.39 is 0 Å². The predicted octanol–water partition coefficient (Wildman–Crippen LogP) is 2.27. The molecule has 1 aromatic heterocycles. The number of nitrogen functional groups attached to an aromatic ring is 1. The summed E-state index contributed by atoms with van der Waals surface area (Å²) in [6.45, 7) is 6.01. The van der Waals surface area contributed by atoms with Crippen LogP contribution >= 0.6 is 0 Å². The van der Waals surface area contributed by atoms with Gasteiger partial charge in [0.25, 0.3) is 0 Å². The quantitative estimate of drug-likeness (QED) is 0.802. The van der Waals surface area contributed by atoms with Crippen LogP contribution in [0.4, 0.5) is 5.95 Å². The van der Waals surface area contributed by atoms with Crippen LogP contribution in [0.2, 0.25) is 0 Å². The molecule has 1 heterocycles. The lowest BCUT2D eigenvalue weighted by molar-refractivity contribution is 0.896. The molecule has 2 N–H and O–H groups in total. The van der Waals surface area contributed by atoms with E-state index in [0.29, 0.717) is 5.95 Å². The first-order valence-electron chi connectivity index (χ1n) is 5.49. The third-order valence-corrected chi connectivity index (χ3v) is 2.59. The molecule has 0 spiro atoms. The van der Waals surface area contributed by atoms with Gasteiger partial charge in [0.1, 0.15) is 0 Å². The maximum Gasteiger partial charge on any atom is 0.221 e. The Kier molecular flexibility index (Phi) is 2.95. The van der Waals surface area contributed by atoms with Gasteiger partial charge in [-0.3, -0.25) is 0 Å². The third kappa shape index (κ3) is 2.53. The van der Waals surface area contributed by atoms with Gasteiger partial charge < -0.3 is 5.73 Å². The first kappa shape index (κ1) is 11.4. The van der Waals surface area contributed by atoms with Gasteiger partial charge in [-0.05, 0) is 31.9 Å². The van der Waals surface area contributed by atoms with E-state index in [1.54, 1.807) is 17.1 Å². The van der Waals surface area contributed by atoms with Crippen LogP contribution in [0.15, 0.2) is 29.5 Å². The van der Waals surface area contributed by atoms with Crippen LogP contribution in [0, 0.1) is 20.8 Å². The number of hydrogen-bond acceptors (Lipinski definition) is 3. The van der Waals surface area contributed by atoms with E-state index in [0.717, 1.165) is 11.3 Å². The Morgan fingerprint density at radius 1 is 1.29 bits per heavy atom. The van der Waals surface area contributed by atoms with Crippen LogP contribution in [-0.2, 0) is 0 Å². The zero-order valence-corrected chi connectivity index (χ0v) is 10.3. The van der Waals surface area contributed by atoms with E-state index in [-0.39, 0.29) is 0 Å². The Morgan fingerprint density at radius 2 is 2.06 bits per heavy atom. The number of hydrogen-bond donors (Lipinski definition) is 1. The van der Waals surface area contributed by atoms with Gasteiger partial charge in [0.15, 0.2) is 0 Å². The summed E-state index contributed by atoms with van der Waals surface area (Å²) in [5.41, 5.74) is 10.1. The molecule has 17 heavy (non-hydrogen) atoms. The van der Waals surface area contributed by atoms with Crippen LogP contribution in [0.3, 0.4) is 0 Å². The molecule has 0 atom stereocenters. The van der Waals surface area contributed by atoms with E-state index in [4.69, 9.17) is 5.73 Å². The van der Waals surface area contributed by atoms with Crippen molar-refractivity contribution in [2.45, 2.75) is 20.8 Å². The van der Waals surface area contributed by atoms with Gasteiger partial charge in [-0.25, -0.2) is 9.66 Å². The smallest absolute Gasteiger partial charge is 0.221 e. The van der Waals surface area contributed by atoms with Gasteiger partial charge in [0, 0.05) is 0 Å². The number of aryl methyl sites for hydroxylation is 3. The van der Waals surface area contributed by atoms with Crippen molar-refractivity contribution >= 4 is 12.2 Å². The van der Waals surface area contributed by atoms with Crippen LogP contribution in [0.25, 0.3) is 0 Å². The fourth-order valence-electron chi connectivity index (χ4n) is 1.62. The van der Waals surface area contributed by atoms with E-state index in [9.17, 15) is 0 Å². The topological polar surface area (TPSA) is 56.2 Å². The van der Waals surface area contributed by atoms with Crippen molar-refractivity contribution in [3.05, 3.63) is 46.8 Å². The van der Waals surface area contributed by atoms with Crippen molar-refractivity contribution in [2.75, 3.05) is 5.73 Å². The van der Waals surface area contributed by atoms with E-state index in [2.05, 4.69) is 42.1 Å². The lowest BCUT2D eigenvalue weighted by Gasteiger charge is -2.01. The van der Waals surface area contributed by atoms with Crippen molar-refractivity contribution in [1.82, 2.24) is 9.66 Å². The number of nitrogens with zero attached hydrogens (tertiary/aromatic N) is 3. The fourth-order valence-corrected chi connectivity index (χ4v) is 1.62. The normalized spacial score (nSPS) is 11.2. The second-order valence-corrected chi connectivity index (χ2v) is 4.19. The van der Waals surface area contributed by atoms with Crippen molar-refractivity contribution in [3.8, 4) is 0 Å². The molecular formula is C13H16N4. The SMILES string of the molecule is Cc1ccc(C)c(C=Nn2cc(C)nc2N)c1. The van der Waals surface area contributed by atoms with Crippen LogP contribution in [-0.4, -0.2) is 15.9 Å². The minimum absolute atomic E-state index is 0.407. The summed E-state index contributed by atoms with van der Waals surface area (Å²) in [5, 5.41) is 4.30. The highest BCUT2D eigenvalue weighted by Crippen LogP contribution is 2.09. The molecule has 0 aliphatic rings. The van der Waals surface area contributed by atoms with Gasteiger partial charge in [-0.2, -0.15) is 5.10 Å². The molecule has 0 aliphatic carbocycles. The molecule has 0 saturated heterocycles. The van der Waals surface area contributed by atoms with Gasteiger partial charge >= 0.3 is 0 Å². The Balaban J connectivity index is 2.31. The van der Waals surface area contributed by atoms with Gasteiger partial charge in [0.05, 0.1) is 18.1 Å². The number of aromatic nitrogens is 2. The van der Waals surface area contributed by atoms with Crippen molar-refractivity contribution in [2.24, 2.45) is 5.10 Å². The average Bonchev–Trinajstić information content (AvgIpc) is 2.59. The van der Waals surface area contributed by atoms with Gasteiger partial charge in [-0.15, -0.1) is 0 Å². The largest absolute Gasteiger partial charge is 0.368 e. The number of benzene rings is 1. The molecule has 4 heteroatoms. The number of imidazole rings is 1. The molecule has 0 radical (unpaired) electrons.